The molecule has 7 heteroatoms. The van der Waals surface area contributed by atoms with Crippen LogP contribution in [0, 0.1) is 5.92 Å². The first kappa shape index (κ1) is 26.2. The fourth-order valence-corrected chi connectivity index (χ4v) is 6.21. The van der Waals surface area contributed by atoms with E-state index >= 15 is 0 Å². The van der Waals surface area contributed by atoms with Gasteiger partial charge >= 0.3 is 12.1 Å². The summed E-state index contributed by atoms with van der Waals surface area (Å²) in [6, 6.07) is 7.48. The van der Waals surface area contributed by atoms with Gasteiger partial charge in [0.1, 0.15) is 6.61 Å². The highest BCUT2D eigenvalue weighted by Crippen LogP contribution is 2.18. The van der Waals surface area contributed by atoms with Gasteiger partial charge in [-0.2, -0.15) is 0 Å². The Morgan fingerprint density at radius 1 is 1.07 bits per heavy atom. The number of amides is 1. The van der Waals surface area contributed by atoms with Crippen LogP contribution in [-0.4, -0.2) is 50.1 Å². The van der Waals surface area contributed by atoms with E-state index in [0.717, 1.165) is 37.3 Å². The van der Waals surface area contributed by atoms with Gasteiger partial charge in [-0.15, -0.1) is 0 Å². The van der Waals surface area contributed by atoms with Crippen LogP contribution in [0.25, 0.3) is 0 Å². The van der Waals surface area contributed by atoms with Crippen molar-refractivity contribution in [3.8, 4) is 0 Å². The van der Waals surface area contributed by atoms with Crippen molar-refractivity contribution in [2.24, 2.45) is 5.92 Å². The molecule has 1 N–H and O–H groups in total. The molecule has 170 valence electrons. The average molecular weight is 438 g/mol. The quantitative estimate of drug-likeness (QED) is 0.295. The maximum Gasteiger partial charge on any atom is 0.410 e. The van der Waals surface area contributed by atoms with Gasteiger partial charge in [0, 0.05) is 13.1 Å². The van der Waals surface area contributed by atoms with Crippen molar-refractivity contribution in [2.75, 3.05) is 19.7 Å². The van der Waals surface area contributed by atoms with Crippen LogP contribution in [0.3, 0.4) is 0 Å². The van der Waals surface area contributed by atoms with Gasteiger partial charge in [-0.05, 0) is 49.2 Å². The lowest BCUT2D eigenvalue weighted by molar-refractivity contribution is 0.0696. The largest absolute Gasteiger partial charge is 0.478 e. The minimum atomic E-state index is -1.72. The molecule has 0 saturated carbocycles. The minimum Gasteiger partial charge on any atom is -0.478 e. The Morgan fingerprint density at radius 2 is 1.73 bits per heavy atom. The number of carbonyl (C=O) groups excluding carboxylic acids is 1. The molecule has 1 aromatic rings. The first-order chi connectivity index (χ1) is 14.1. The number of benzene rings is 1. The van der Waals surface area contributed by atoms with Crippen LogP contribution in [0.4, 0.5) is 4.79 Å². The molecule has 0 spiro atoms. The fraction of sp³-hybridized carbons (Fsp3) is 0.652. The van der Waals surface area contributed by atoms with Gasteiger partial charge in [0.2, 0.25) is 0 Å². The molecular weight excluding hydrogens is 398 g/mol. The van der Waals surface area contributed by atoms with E-state index in [-0.39, 0.29) is 18.3 Å². The highest BCUT2D eigenvalue weighted by molar-refractivity contribution is 6.71. The summed E-state index contributed by atoms with van der Waals surface area (Å²) in [4.78, 5) is 25.3. The van der Waals surface area contributed by atoms with Gasteiger partial charge in [0.25, 0.3) is 0 Å². The summed E-state index contributed by atoms with van der Waals surface area (Å²) >= 11 is 0. The second-order valence-electron chi connectivity index (χ2n) is 8.81. The summed E-state index contributed by atoms with van der Waals surface area (Å²) in [6.45, 7) is 12.9. The SMILES string of the molecule is CCCCCCN(CCO[Si](C)(C)CC(C)C)C(=O)OCc1ccc(C(=O)O)cc1. The Morgan fingerprint density at radius 3 is 2.30 bits per heavy atom. The van der Waals surface area contributed by atoms with Crippen molar-refractivity contribution in [2.45, 2.75) is 72.2 Å². The third kappa shape index (κ3) is 10.8. The van der Waals surface area contributed by atoms with Crippen LogP contribution >= 0.6 is 0 Å². The van der Waals surface area contributed by atoms with E-state index in [1.165, 1.54) is 12.1 Å². The number of carboxylic acid groups (broad SMARTS) is 1. The molecule has 0 radical (unpaired) electrons. The standard InChI is InChI=1S/C23H39NO5Si/c1-6-7-8-9-14-24(15-16-29-30(4,5)18-19(2)3)23(27)28-17-20-10-12-21(13-11-20)22(25)26/h10-13,19H,6-9,14-18H2,1-5H3,(H,25,26). The number of hydrogen-bond acceptors (Lipinski definition) is 4. The van der Waals surface area contributed by atoms with Gasteiger partial charge in [-0.1, -0.05) is 52.2 Å². The third-order valence-corrected chi connectivity index (χ3v) is 7.64. The molecule has 1 rings (SSSR count). The number of nitrogens with zero attached hydrogens (tertiary/aromatic N) is 1. The summed E-state index contributed by atoms with van der Waals surface area (Å²) in [5.41, 5.74) is 0.981. The molecule has 1 aromatic carbocycles. The van der Waals surface area contributed by atoms with Crippen LogP contribution in [-0.2, 0) is 15.8 Å². The summed E-state index contributed by atoms with van der Waals surface area (Å²) < 4.78 is 11.7. The maximum atomic E-state index is 12.7. The Bertz CT molecular complexity index is 645. The zero-order valence-corrected chi connectivity index (χ0v) is 20.3. The average Bonchev–Trinajstić information content (AvgIpc) is 2.67. The summed E-state index contributed by atoms with van der Waals surface area (Å²) in [5, 5.41) is 8.97. The topological polar surface area (TPSA) is 76.1 Å². The molecule has 0 aromatic heterocycles. The zero-order valence-electron chi connectivity index (χ0n) is 19.3. The van der Waals surface area contributed by atoms with E-state index in [1.807, 2.05) is 0 Å². The Kier molecular flexibility index (Phi) is 11.7. The third-order valence-electron chi connectivity index (χ3n) is 4.86. The van der Waals surface area contributed by atoms with Gasteiger partial charge < -0.3 is 19.2 Å². The molecule has 0 saturated heterocycles. The van der Waals surface area contributed by atoms with Crippen molar-refractivity contribution in [1.29, 1.82) is 0 Å². The number of rotatable bonds is 14. The van der Waals surface area contributed by atoms with Crippen molar-refractivity contribution in [1.82, 2.24) is 4.90 Å². The molecule has 0 aliphatic carbocycles. The molecule has 30 heavy (non-hydrogen) atoms. The number of carbonyl (C=O) groups is 2. The normalized spacial score (nSPS) is 11.5. The number of carboxylic acids is 1. The highest BCUT2D eigenvalue weighted by Gasteiger charge is 2.24. The Balaban J connectivity index is 2.59. The number of ether oxygens (including phenoxy) is 1. The molecule has 0 unspecified atom stereocenters. The molecule has 0 aliphatic heterocycles. The van der Waals surface area contributed by atoms with Crippen molar-refractivity contribution >= 4 is 20.4 Å². The van der Waals surface area contributed by atoms with Crippen LogP contribution in [0.2, 0.25) is 19.1 Å². The first-order valence-corrected chi connectivity index (χ1v) is 14.1. The number of aromatic carboxylic acids is 1. The predicted octanol–water partition coefficient (Wildman–Crippen LogP) is 5.78. The Hall–Kier alpha value is -1.86. The zero-order chi connectivity index (χ0) is 22.6. The lowest BCUT2D eigenvalue weighted by Gasteiger charge is -2.27. The van der Waals surface area contributed by atoms with Crippen LogP contribution in [0.15, 0.2) is 24.3 Å². The molecule has 0 atom stereocenters. The van der Waals surface area contributed by atoms with E-state index in [0.29, 0.717) is 25.6 Å². The monoisotopic (exact) mass is 437 g/mol. The second kappa shape index (κ2) is 13.4. The molecule has 0 aliphatic rings. The molecule has 6 nitrogen and oxygen atoms in total. The van der Waals surface area contributed by atoms with Gasteiger partial charge in [-0.25, -0.2) is 9.59 Å². The molecule has 1 amide bonds. The van der Waals surface area contributed by atoms with Crippen molar-refractivity contribution in [3.05, 3.63) is 35.4 Å². The van der Waals surface area contributed by atoms with E-state index in [2.05, 4.69) is 33.9 Å². The molecule has 0 bridgehead atoms. The predicted molar refractivity (Wildman–Crippen MR) is 122 cm³/mol. The number of unbranched alkanes of at least 4 members (excludes halogenated alkanes) is 3. The van der Waals surface area contributed by atoms with E-state index in [9.17, 15) is 9.59 Å². The lowest BCUT2D eigenvalue weighted by Crippen LogP contribution is -2.39. The van der Waals surface area contributed by atoms with Crippen LogP contribution in [0.5, 0.6) is 0 Å². The summed E-state index contributed by atoms with van der Waals surface area (Å²) in [7, 11) is -1.72. The van der Waals surface area contributed by atoms with E-state index < -0.39 is 14.3 Å². The van der Waals surface area contributed by atoms with E-state index in [1.54, 1.807) is 17.0 Å². The molecule has 0 heterocycles. The van der Waals surface area contributed by atoms with Gasteiger partial charge in [-0.3, -0.25) is 0 Å². The minimum absolute atomic E-state index is 0.124. The second-order valence-corrected chi connectivity index (χ2v) is 13.0. The van der Waals surface area contributed by atoms with Crippen molar-refractivity contribution < 1.29 is 23.9 Å². The first-order valence-electron chi connectivity index (χ1n) is 11.0. The van der Waals surface area contributed by atoms with Gasteiger partial charge in [0.05, 0.1) is 12.2 Å². The Labute approximate surface area is 182 Å². The molecular formula is C23H39NO5Si. The smallest absolute Gasteiger partial charge is 0.410 e. The van der Waals surface area contributed by atoms with Gasteiger partial charge in [0.15, 0.2) is 8.32 Å². The number of hydrogen-bond donors (Lipinski definition) is 1. The molecule has 0 fully saturated rings. The lowest BCUT2D eigenvalue weighted by atomic mass is 10.1. The van der Waals surface area contributed by atoms with Crippen LogP contribution in [0.1, 0.15) is 62.4 Å². The summed E-state index contributed by atoms with van der Waals surface area (Å²) in [6.07, 6.45) is 3.99. The van der Waals surface area contributed by atoms with Crippen LogP contribution < -0.4 is 0 Å². The van der Waals surface area contributed by atoms with Crippen molar-refractivity contribution in [3.63, 3.8) is 0 Å². The maximum absolute atomic E-state index is 12.7. The summed E-state index contributed by atoms with van der Waals surface area (Å²) in [5.74, 6) is -0.366. The fourth-order valence-electron chi connectivity index (χ4n) is 3.48. The highest BCUT2D eigenvalue weighted by atomic mass is 28.4. The van der Waals surface area contributed by atoms with E-state index in [4.69, 9.17) is 14.3 Å².